The van der Waals surface area contributed by atoms with Gasteiger partial charge in [0, 0.05) is 16.6 Å². The third kappa shape index (κ3) is 3.48. The molecule has 0 N–H and O–H groups in total. The quantitative estimate of drug-likeness (QED) is 0.524. The predicted molar refractivity (Wildman–Crippen MR) is 104 cm³/mol. The lowest BCUT2D eigenvalue weighted by Gasteiger charge is -2.03. The summed E-state index contributed by atoms with van der Waals surface area (Å²) in [6.45, 7) is 4.25. The number of nitrogens with zero attached hydrogens (tertiary/aromatic N) is 1. The Labute approximate surface area is 142 Å². The molecule has 0 saturated carbocycles. The van der Waals surface area contributed by atoms with Crippen molar-refractivity contribution in [2.24, 2.45) is 0 Å². The van der Waals surface area contributed by atoms with Crippen LogP contribution in [0.2, 0.25) is 0 Å². The highest BCUT2D eigenvalue weighted by Gasteiger charge is 2.30. The molecule has 1 nitrogen and oxygen atoms in total. The van der Waals surface area contributed by atoms with Gasteiger partial charge < -0.3 is 4.57 Å². The van der Waals surface area contributed by atoms with Crippen LogP contribution in [0.4, 0.5) is 0 Å². The number of aromatic nitrogens is 1. The Morgan fingerprint density at radius 1 is 0.870 bits per heavy atom. The van der Waals surface area contributed by atoms with Gasteiger partial charge in [-0.15, -0.1) is 0 Å². The van der Waals surface area contributed by atoms with E-state index < -0.39 is 0 Å². The van der Waals surface area contributed by atoms with E-state index in [9.17, 15) is 0 Å². The molecule has 1 aliphatic rings. The molecule has 0 bridgehead atoms. The number of hydrogen-bond acceptors (Lipinski definition) is 0. The Morgan fingerprint density at radius 2 is 1.48 bits per heavy atom. The Balaban J connectivity index is 0.000000485. The fourth-order valence-corrected chi connectivity index (χ4v) is 5.54. The maximum absolute atomic E-state index is 2.38. The highest BCUT2D eigenvalue weighted by Crippen LogP contribution is 2.32. The third-order valence-electron chi connectivity index (χ3n) is 4.05. The van der Waals surface area contributed by atoms with Gasteiger partial charge in [0.15, 0.2) is 4.90 Å². The molecular formula is C21H26NS+. The van der Waals surface area contributed by atoms with Crippen molar-refractivity contribution < 1.29 is 0 Å². The molecule has 2 heterocycles. The number of fused-ring (bicyclic) bond motifs is 1. The molecule has 1 aliphatic heterocycles. The molecule has 2 heteroatoms. The monoisotopic (exact) mass is 324 g/mol. The van der Waals surface area contributed by atoms with E-state index in [1.165, 1.54) is 47.4 Å². The molecule has 1 aromatic heterocycles. The van der Waals surface area contributed by atoms with Crippen molar-refractivity contribution >= 4 is 21.8 Å². The van der Waals surface area contributed by atoms with Crippen molar-refractivity contribution in [3.05, 3.63) is 60.8 Å². The zero-order valence-corrected chi connectivity index (χ0v) is 15.0. The third-order valence-corrected chi connectivity index (χ3v) is 6.56. The number of hydrogen-bond donors (Lipinski definition) is 0. The van der Waals surface area contributed by atoms with E-state index in [0.717, 1.165) is 0 Å². The van der Waals surface area contributed by atoms with Gasteiger partial charge in [0.05, 0.1) is 17.1 Å². The van der Waals surface area contributed by atoms with Crippen LogP contribution in [0, 0.1) is 0 Å². The fourth-order valence-electron chi connectivity index (χ4n) is 3.06. The lowest BCUT2D eigenvalue weighted by molar-refractivity contribution is 0.949. The molecular weight excluding hydrogens is 298 g/mol. The standard InChI is InChI=1S/C18H18NS.C3H8/c1-2-8-15(9-3-1)19-14-18(20-12-6-7-13-20)16-10-4-5-11-17(16)19;1-3-2/h1-5,8-11,14H,6-7,12-13H2;3H2,1-2H3/q+1;. The molecule has 0 radical (unpaired) electrons. The summed E-state index contributed by atoms with van der Waals surface area (Å²) >= 11 is 0. The van der Waals surface area contributed by atoms with Crippen LogP contribution in [0.3, 0.4) is 0 Å². The minimum absolute atomic E-state index is 0.461. The van der Waals surface area contributed by atoms with E-state index >= 15 is 0 Å². The van der Waals surface area contributed by atoms with Crippen LogP contribution in [0.25, 0.3) is 16.6 Å². The molecule has 0 amide bonds. The van der Waals surface area contributed by atoms with Crippen LogP contribution < -0.4 is 0 Å². The van der Waals surface area contributed by atoms with Crippen molar-refractivity contribution in [3.63, 3.8) is 0 Å². The van der Waals surface area contributed by atoms with E-state index in [1.807, 2.05) is 0 Å². The highest BCUT2D eigenvalue weighted by molar-refractivity contribution is 7.97. The Bertz CT molecular complexity index is 739. The first-order valence-electron chi connectivity index (χ1n) is 8.68. The van der Waals surface area contributed by atoms with Crippen molar-refractivity contribution in [2.75, 3.05) is 11.5 Å². The van der Waals surface area contributed by atoms with E-state index in [-0.39, 0.29) is 0 Å². The summed E-state index contributed by atoms with van der Waals surface area (Å²) in [5, 5.41) is 1.45. The summed E-state index contributed by atoms with van der Waals surface area (Å²) in [6, 6.07) is 19.5. The molecule has 1 saturated heterocycles. The average Bonchev–Trinajstić information content (AvgIpc) is 3.24. The van der Waals surface area contributed by atoms with Crippen LogP contribution in [0.15, 0.2) is 65.7 Å². The molecule has 120 valence electrons. The van der Waals surface area contributed by atoms with Crippen molar-refractivity contribution in [1.29, 1.82) is 0 Å². The maximum Gasteiger partial charge on any atom is 0.180 e. The fraction of sp³-hybridized carbons (Fsp3) is 0.333. The normalized spacial score (nSPS) is 14.7. The number of para-hydroxylation sites is 2. The Kier molecular flexibility index (Phi) is 5.45. The van der Waals surface area contributed by atoms with Crippen molar-refractivity contribution in [1.82, 2.24) is 4.57 Å². The van der Waals surface area contributed by atoms with Gasteiger partial charge in [0.2, 0.25) is 0 Å². The molecule has 0 spiro atoms. The van der Waals surface area contributed by atoms with Gasteiger partial charge in [-0.2, -0.15) is 0 Å². The van der Waals surface area contributed by atoms with E-state index in [2.05, 4.69) is 79.2 Å². The number of benzene rings is 2. The summed E-state index contributed by atoms with van der Waals surface area (Å²) in [4.78, 5) is 1.57. The second kappa shape index (κ2) is 7.74. The summed E-state index contributed by atoms with van der Waals surface area (Å²) in [5.74, 6) is 2.76. The highest BCUT2D eigenvalue weighted by atomic mass is 32.2. The Hall–Kier alpha value is -1.67. The molecule has 4 rings (SSSR count). The Morgan fingerprint density at radius 3 is 2.17 bits per heavy atom. The molecule has 23 heavy (non-hydrogen) atoms. The second-order valence-corrected chi connectivity index (χ2v) is 8.27. The van der Waals surface area contributed by atoms with Gasteiger partial charge in [-0.25, -0.2) is 0 Å². The van der Waals surface area contributed by atoms with Gasteiger partial charge in [-0.1, -0.05) is 50.6 Å². The molecule has 0 aliphatic carbocycles. The lowest BCUT2D eigenvalue weighted by atomic mass is 10.2. The smallest absolute Gasteiger partial charge is 0.180 e. The predicted octanol–water partition coefficient (Wildman–Crippen LogP) is 5.82. The van der Waals surface area contributed by atoms with E-state index in [4.69, 9.17) is 0 Å². The van der Waals surface area contributed by atoms with Crippen LogP contribution in [0.5, 0.6) is 0 Å². The summed E-state index contributed by atoms with van der Waals surface area (Å²) in [6.07, 6.45) is 6.43. The first-order chi connectivity index (χ1) is 11.3. The molecule has 0 unspecified atom stereocenters. The maximum atomic E-state index is 2.38. The molecule has 0 atom stereocenters. The van der Waals surface area contributed by atoms with Crippen LogP contribution in [-0.2, 0) is 10.9 Å². The summed E-state index contributed by atoms with van der Waals surface area (Å²) in [5.41, 5.74) is 2.60. The average molecular weight is 325 g/mol. The summed E-state index contributed by atoms with van der Waals surface area (Å²) < 4.78 is 2.36. The minimum atomic E-state index is 0.461. The summed E-state index contributed by atoms with van der Waals surface area (Å²) in [7, 11) is 0.461. The van der Waals surface area contributed by atoms with Gasteiger partial charge in [0.25, 0.3) is 0 Å². The SMILES string of the molecule is CCC.c1ccc(-n2cc([S+]3CCCC3)c3ccccc32)cc1. The van der Waals surface area contributed by atoms with Gasteiger partial charge >= 0.3 is 0 Å². The molecule has 3 aromatic rings. The first kappa shape index (κ1) is 16.2. The van der Waals surface area contributed by atoms with Crippen molar-refractivity contribution in [3.8, 4) is 5.69 Å². The molecule has 1 fully saturated rings. The van der Waals surface area contributed by atoms with Crippen molar-refractivity contribution in [2.45, 2.75) is 38.0 Å². The lowest BCUT2D eigenvalue weighted by Crippen LogP contribution is -2.02. The van der Waals surface area contributed by atoms with E-state index in [0.29, 0.717) is 10.9 Å². The van der Waals surface area contributed by atoms with Crippen LogP contribution >= 0.6 is 0 Å². The topological polar surface area (TPSA) is 4.93 Å². The van der Waals surface area contributed by atoms with Gasteiger partial charge in [-0.3, -0.25) is 0 Å². The van der Waals surface area contributed by atoms with Gasteiger partial charge in [-0.05, 0) is 37.1 Å². The zero-order chi connectivity index (χ0) is 16.1. The molecule has 2 aromatic carbocycles. The number of rotatable bonds is 2. The van der Waals surface area contributed by atoms with Crippen LogP contribution in [-0.4, -0.2) is 16.1 Å². The zero-order valence-electron chi connectivity index (χ0n) is 14.2. The minimum Gasteiger partial charge on any atom is -0.311 e. The largest absolute Gasteiger partial charge is 0.311 e. The second-order valence-electron chi connectivity index (χ2n) is 6.03. The van der Waals surface area contributed by atoms with E-state index in [1.54, 1.807) is 4.90 Å². The van der Waals surface area contributed by atoms with Crippen LogP contribution in [0.1, 0.15) is 33.1 Å². The van der Waals surface area contributed by atoms with Gasteiger partial charge in [0.1, 0.15) is 11.5 Å². The first-order valence-corrected chi connectivity index (χ1v) is 10.2.